The van der Waals surface area contributed by atoms with Crippen LogP contribution in [-0.4, -0.2) is 20.9 Å². The van der Waals surface area contributed by atoms with Crippen molar-refractivity contribution in [3.63, 3.8) is 0 Å². The monoisotopic (exact) mass is 234 g/mol. The van der Waals surface area contributed by atoms with Crippen LogP contribution in [0.1, 0.15) is 31.2 Å². The van der Waals surface area contributed by atoms with E-state index in [1.807, 2.05) is 6.07 Å². The maximum Gasteiger partial charge on any atom is 0.305 e. The first-order valence-electron chi connectivity index (χ1n) is 5.74. The van der Waals surface area contributed by atoms with E-state index in [2.05, 4.69) is 4.74 Å². The normalized spacial score (nSPS) is 10.2. The van der Waals surface area contributed by atoms with Crippen LogP contribution in [0.25, 0.3) is 0 Å². The molecule has 0 heterocycles. The van der Waals surface area contributed by atoms with Gasteiger partial charge in [-0.1, -0.05) is 24.0 Å². The number of carbonyl (C=O) groups excluding carboxylic acids is 1. The molecule has 2 nitrogen and oxygen atoms in total. The molecule has 0 aliphatic carbocycles. The van der Waals surface area contributed by atoms with Gasteiger partial charge in [0.2, 0.25) is 0 Å². The van der Waals surface area contributed by atoms with Crippen LogP contribution in [0, 0.1) is 5.82 Å². The molecule has 0 saturated carbocycles. The third kappa shape index (κ3) is 5.02. The van der Waals surface area contributed by atoms with Crippen molar-refractivity contribution in [2.45, 2.75) is 32.1 Å². The first-order valence-corrected chi connectivity index (χ1v) is 5.74. The molecule has 0 N–H and O–H groups in total. The predicted molar refractivity (Wildman–Crippen MR) is 66.0 cm³/mol. The van der Waals surface area contributed by atoms with Gasteiger partial charge >= 0.3 is 5.97 Å². The Hall–Kier alpha value is -1.32. The molecular formula is C13H16BFO2. The van der Waals surface area contributed by atoms with E-state index in [1.165, 1.54) is 13.2 Å². The Morgan fingerprint density at radius 1 is 1.35 bits per heavy atom. The Kier molecular flexibility index (Phi) is 5.74. The number of hydrogen-bond donors (Lipinski definition) is 0. The average molecular weight is 234 g/mol. The van der Waals surface area contributed by atoms with Crippen LogP contribution in [0.2, 0.25) is 0 Å². The number of carbonyl (C=O) groups is 1. The molecule has 2 radical (unpaired) electrons. The summed E-state index contributed by atoms with van der Waals surface area (Å²) in [5, 5.41) is 0. The fraction of sp³-hybridized carbons (Fsp3) is 0.462. The maximum atomic E-state index is 13.1. The highest BCUT2D eigenvalue weighted by molar-refractivity contribution is 6.32. The van der Waals surface area contributed by atoms with E-state index in [-0.39, 0.29) is 17.2 Å². The van der Waals surface area contributed by atoms with Gasteiger partial charge in [-0.05, 0) is 30.9 Å². The maximum absolute atomic E-state index is 13.1. The summed E-state index contributed by atoms with van der Waals surface area (Å²) in [7, 11) is 6.78. The fourth-order valence-electron chi connectivity index (χ4n) is 1.60. The molecular weight excluding hydrogens is 218 g/mol. The Morgan fingerprint density at radius 2 is 2.12 bits per heavy atom. The van der Waals surface area contributed by atoms with E-state index in [9.17, 15) is 9.18 Å². The van der Waals surface area contributed by atoms with Crippen molar-refractivity contribution in [2.75, 3.05) is 7.11 Å². The van der Waals surface area contributed by atoms with Crippen LogP contribution >= 0.6 is 0 Å². The molecule has 0 atom stereocenters. The number of benzene rings is 1. The lowest BCUT2D eigenvalue weighted by Gasteiger charge is -2.03. The summed E-state index contributed by atoms with van der Waals surface area (Å²) in [5.74, 6) is -0.541. The number of methoxy groups -OCH3 is 1. The lowest BCUT2D eigenvalue weighted by Crippen LogP contribution is -2.08. The second kappa shape index (κ2) is 7.10. The minimum atomic E-state index is -0.364. The molecule has 1 rings (SSSR count). The number of esters is 1. The van der Waals surface area contributed by atoms with E-state index >= 15 is 0 Å². The van der Waals surface area contributed by atoms with Gasteiger partial charge in [0.15, 0.2) is 0 Å². The summed E-state index contributed by atoms with van der Waals surface area (Å²) in [6.45, 7) is 0. The van der Waals surface area contributed by atoms with E-state index < -0.39 is 0 Å². The number of aryl methyl sites for hydroxylation is 1. The molecule has 0 aliphatic heterocycles. The largest absolute Gasteiger partial charge is 0.469 e. The molecule has 0 bridgehead atoms. The Bertz CT molecular complexity index is 380. The highest BCUT2D eigenvalue weighted by Gasteiger charge is 2.01. The van der Waals surface area contributed by atoms with Crippen LogP contribution in [0.4, 0.5) is 4.39 Å². The molecule has 0 aromatic heterocycles. The van der Waals surface area contributed by atoms with Crippen LogP contribution in [0.3, 0.4) is 0 Å². The number of unbranched alkanes of at least 4 members (excludes halogenated alkanes) is 2. The molecule has 0 unspecified atom stereocenters. The van der Waals surface area contributed by atoms with Gasteiger partial charge in [0.1, 0.15) is 13.7 Å². The fourth-order valence-corrected chi connectivity index (χ4v) is 1.60. The Morgan fingerprint density at radius 3 is 2.76 bits per heavy atom. The molecule has 1 aromatic rings. The summed E-state index contributed by atoms with van der Waals surface area (Å²) in [4.78, 5) is 10.8. The molecule has 0 spiro atoms. The van der Waals surface area contributed by atoms with Crippen molar-refractivity contribution in [3.05, 3.63) is 29.6 Å². The van der Waals surface area contributed by atoms with Gasteiger partial charge in [-0.2, -0.15) is 0 Å². The summed E-state index contributed by atoms with van der Waals surface area (Å²) >= 11 is 0. The number of ether oxygens (including phenoxy) is 1. The Labute approximate surface area is 103 Å². The molecule has 0 aliphatic rings. The molecule has 0 saturated heterocycles. The minimum absolute atomic E-state index is 0.177. The van der Waals surface area contributed by atoms with Crippen LogP contribution in [0.15, 0.2) is 18.2 Å². The lowest BCUT2D eigenvalue weighted by atomic mass is 9.93. The van der Waals surface area contributed by atoms with Gasteiger partial charge in [-0.25, -0.2) is 4.39 Å². The molecule has 0 fully saturated rings. The zero-order valence-electron chi connectivity index (χ0n) is 10.0. The van der Waals surface area contributed by atoms with E-state index in [0.717, 1.165) is 31.2 Å². The summed E-state index contributed by atoms with van der Waals surface area (Å²) < 4.78 is 17.7. The number of hydrogen-bond acceptors (Lipinski definition) is 2. The molecule has 17 heavy (non-hydrogen) atoms. The van der Waals surface area contributed by atoms with Crippen molar-refractivity contribution in [1.82, 2.24) is 0 Å². The van der Waals surface area contributed by atoms with Crippen molar-refractivity contribution in [1.29, 1.82) is 0 Å². The highest BCUT2D eigenvalue weighted by atomic mass is 19.1. The quantitative estimate of drug-likeness (QED) is 0.427. The summed E-state index contributed by atoms with van der Waals surface area (Å²) in [6.07, 6.45) is 3.93. The summed E-state index contributed by atoms with van der Waals surface area (Å²) in [5.41, 5.74) is 1.12. The smallest absolute Gasteiger partial charge is 0.305 e. The molecule has 1 aromatic carbocycles. The van der Waals surface area contributed by atoms with Crippen LogP contribution in [0.5, 0.6) is 0 Å². The second-order valence-corrected chi connectivity index (χ2v) is 3.99. The topological polar surface area (TPSA) is 26.3 Å². The van der Waals surface area contributed by atoms with Crippen molar-refractivity contribution < 1.29 is 13.9 Å². The van der Waals surface area contributed by atoms with Gasteiger partial charge in [0, 0.05) is 6.42 Å². The number of rotatable bonds is 6. The van der Waals surface area contributed by atoms with Crippen LogP contribution < -0.4 is 5.46 Å². The summed E-state index contributed by atoms with van der Waals surface area (Å²) in [6, 6.07) is 4.88. The molecule has 0 amide bonds. The minimum Gasteiger partial charge on any atom is -0.469 e. The van der Waals surface area contributed by atoms with Gasteiger partial charge in [-0.3, -0.25) is 4.79 Å². The van der Waals surface area contributed by atoms with E-state index in [4.69, 9.17) is 7.85 Å². The van der Waals surface area contributed by atoms with Crippen molar-refractivity contribution in [2.24, 2.45) is 0 Å². The van der Waals surface area contributed by atoms with E-state index in [1.54, 1.807) is 6.07 Å². The van der Waals surface area contributed by atoms with Gasteiger partial charge in [-0.15, -0.1) is 0 Å². The average Bonchev–Trinajstić information content (AvgIpc) is 2.33. The SMILES string of the molecule is [B]c1ccc(CCCCCC(=O)OC)cc1F. The standard InChI is InChI=1S/C13H16BFO2/c1-17-13(16)6-4-2-3-5-10-7-8-11(14)12(15)9-10/h7-9H,2-6H2,1H3. The van der Waals surface area contributed by atoms with Crippen molar-refractivity contribution in [3.8, 4) is 0 Å². The first-order chi connectivity index (χ1) is 8.13. The van der Waals surface area contributed by atoms with E-state index in [0.29, 0.717) is 6.42 Å². The van der Waals surface area contributed by atoms with Gasteiger partial charge in [0.05, 0.1) is 7.11 Å². The predicted octanol–water partition coefficient (Wildman–Crippen LogP) is 1.90. The number of halogens is 1. The molecule has 90 valence electrons. The van der Waals surface area contributed by atoms with Gasteiger partial charge in [0.25, 0.3) is 0 Å². The van der Waals surface area contributed by atoms with Crippen molar-refractivity contribution >= 4 is 19.3 Å². The first kappa shape index (κ1) is 13.7. The lowest BCUT2D eigenvalue weighted by molar-refractivity contribution is -0.140. The van der Waals surface area contributed by atoms with Gasteiger partial charge < -0.3 is 4.74 Å². The zero-order valence-corrected chi connectivity index (χ0v) is 10.0. The Balaban J connectivity index is 2.22. The zero-order chi connectivity index (χ0) is 12.7. The van der Waals surface area contributed by atoms with Crippen LogP contribution in [-0.2, 0) is 16.0 Å². The third-order valence-corrected chi connectivity index (χ3v) is 2.64. The third-order valence-electron chi connectivity index (χ3n) is 2.64. The second-order valence-electron chi connectivity index (χ2n) is 3.99. The molecule has 4 heteroatoms. The highest BCUT2D eigenvalue weighted by Crippen LogP contribution is 2.08.